The van der Waals surface area contributed by atoms with Crippen molar-refractivity contribution in [2.45, 2.75) is 57.3 Å². The minimum atomic E-state index is -0.993. The Bertz CT molecular complexity index is 1090. The number of carbonyl (C=O) groups excluding carboxylic acids is 1. The number of hydrogen-bond donors (Lipinski definition) is 1. The van der Waals surface area contributed by atoms with E-state index in [1.54, 1.807) is 37.3 Å². The van der Waals surface area contributed by atoms with Gasteiger partial charge in [-0.15, -0.1) is 0 Å². The minimum absolute atomic E-state index is 0.00653. The van der Waals surface area contributed by atoms with Gasteiger partial charge >= 0.3 is 12.4 Å². The molecule has 4 bridgehead atoms. The molecule has 0 spiro atoms. The highest BCUT2D eigenvalue weighted by molar-refractivity contribution is 6.06. The number of benzene rings is 2. The summed E-state index contributed by atoms with van der Waals surface area (Å²) in [6.45, 7) is 1.56. The molecular formula is C29H35NO6. The van der Waals surface area contributed by atoms with Crippen molar-refractivity contribution in [3.05, 3.63) is 59.2 Å². The van der Waals surface area contributed by atoms with Crippen LogP contribution in [0.4, 0.5) is 5.69 Å². The molecule has 0 radical (unpaired) electrons. The zero-order valence-electron chi connectivity index (χ0n) is 21.2. The summed E-state index contributed by atoms with van der Waals surface area (Å²) in [7, 11) is 3.27. The van der Waals surface area contributed by atoms with Gasteiger partial charge < -0.3 is 24.2 Å². The number of rotatable bonds is 9. The third-order valence-electron chi connectivity index (χ3n) is 8.36. The maximum atomic E-state index is 13.6. The number of aromatic carboxylic acids is 1. The largest absolute Gasteiger partial charge is 0.478 e. The topological polar surface area (TPSA) is 85.3 Å². The van der Waals surface area contributed by atoms with Gasteiger partial charge in [-0.2, -0.15) is 0 Å². The molecule has 0 aliphatic heterocycles. The predicted molar refractivity (Wildman–Crippen MR) is 135 cm³/mol. The van der Waals surface area contributed by atoms with E-state index >= 15 is 0 Å². The zero-order valence-corrected chi connectivity index (χ0v) is 21.2. The normalized spacial score (nSPS) is 27.0. The Morgan fingerprint density at radius 1 is 1.00 bits per heavy atom. The number of nitrogens with zero attached hydrogens (tertiary/aromatic N) is 1. The van der Waals surface area contributed by atoms with Crippen molar-refractivity contribution < 1.29 is 28.9 Å². The Balaban J connectivity index is 1.49. The zero-order chi connectivity index (χ0) is 25.4. The second-order valence-electron chi connectivity index (χ2n) is 10.7. The number of methoxy groups -OCH3 is 1. The van der Waals surface area contributed by atoms with E-state index in [-0.39, 0.29) is 16.9 Å². The summed E-state index contributed by atoms with van der Waals surface area (Å²) in [6, 6.07) is 12.0. The van der Waals surface area contributed by atoms with Gasteiger partial charge in [-0.05, 0) is 111 Å². The minimum Gasteiger partial charge on any atom is -0.478 e. The molecule has 4 aliphatic carbocycles. The number of amides is 1. The average molecular weight is 494 g/mol. The van der Waals surface area contributed by atoms with Gasteiger partial charge in [0.2, 0.25) is 0 Å². The summed E-state index contributed by atoms with van der Waals surface area (Å²) in [4.78, 5) is 26.3. The standard InChI is InChI=1S/C29H35NO6/c1-4-35-28(34-3)36-25-10-7-22(26(31)30(2)23-8-5-21(6-9-23)27(32)33)14-24(25)29-15-18-11-19(16-29)13-20(12-18)17-29/h5-10,14,18-20,28H,4,11-13,15-17H2,1-3H3,(H,32,33). The van der Waals surface area contributed by atoms with Crippen LogP contribution in [0, 0.1) is 17.8 Å². The van der Waals surface area contributed by atoms with Gasteiger partial charge in [0.05, 0.1) is 12.2 Å². The van der Waals surface area contributed by atoms with Crippen molar-refractivity contribution in [3.63, 3.8) is 0 Å². The van der Waals surface area contributed by atoms with Crippen LogP contribution >= 0.6 is 0 Å². The van der Waals surface area contributed by atoms with Crippen LogP contribution < -0.4 is 9.64 Å². The number of hydrogen-bond acceptors (Lipinski definition) is 5. The molecule has 1 N–H and O–H groups in total. The lowest BCUT2D eigenvalue weighted by Gasteiger charge is -2.57. The Morgan fingerprint density at radius 3 is 2.11 bits per heavy atom. The number of carbonyl (C=O) groups is 2. The van der Waals surface area contributed by atoms with Gasteiger partial charge in [-0.1, -0.05) is 0 Å². The van der Waals surface area contributed by atoms with Crippen LogP contribution in [0.15, 0.2) is 42.5 Å². The molecular weight excluding hydrogens is 458 g/mol. The molecule has 7 heteroatoms. The van der Waals surface area contributed by atoms with Gasteiger partial charge in [-0.25, -0.2) is 4.79 Å². The van der Waals surface area contributed by atoms with Crippen molar-refractivity contribution in [3.8, 4) is 5.75 Å². The molecule has 0 heterocycles. The molecule has 1 amide bonds. The Hall–Kier alpha value is -2.90. The van der Waals surface area contributed by atoms with Crippen LogP contribution in [0.2, 0.25) is 0 Å². The molecule has 6 rings (SSSR count). The van der Waals surface area contributed by atoms with E-state index in [1.807, 2.05) is 19.1 Å². The molecule has 1 atom stereocenters. The summed E-state index contributed by atoms with van der Waals surface area (Å²) in [5, 5.41) is 9.18. The smallest absolute Gasteiger partial charge is 0.335 e. The van der Waals surface area contributed by atoms with E-state index in [9.17, 15) is 14.7 Å². The van der Waals surface area contributed by atoms with Crippen LogP contribution in [-0.4, -0.2) is 44.2 Å². The second-order valence-corrected chi connectivity index (χ2v) is 10.7. The maximum absolute atomic E-state index is 13.6. The molecule has 192 valence electrons. The number of carboxylic acids is 1. The van der Waals surface area contributed by atoms with Crippen LogP contribution in [0.3, 0.4) is 0 Å². The molecule has 0 aromatic heterocycles. The molecule has 4 saturated carbocycles. The average Bonchev–Trinajstić information content (AvgIpc) is 2.87. The Kier molecular flexibility index (Phi) is 6.79. The van der Waals surface area contributed by atoms with E-state index < -0.39 is 12.4 Å². The summed E-state index contributed by atoms with van der Waals surface area (Å²) in [5.74, 6) is 1.80. The lowest BCUT2D eigenvalue weighted by molar-refractivity contribution is -0.231. The van der Waals surface area contributed by atoms with E-state index in [2.05, 4.69) is 0 Å². The molecule has 7 nitrogen and oxygen atoms in total. The van der Waals surface area contributed by atoms with Crippen LogP contribution in [0.25, 0.3) is 0 Å². The summed E-state index contributed by atoms with van der Waals surface area (Å²) in [6.07, 6.45) is 7.36. The van der Waals surface area contributed by atoms with E-state index in [4.69, 9.17) is 14.2 Å². The first kappa shape index (κ1) is 24.8. The number of carboxylic acid groups (broad SMARTS) is 1. The number of ether oxygens (including phenoxy) is 3. The van der Waals surface area contributed by atoms with Gasteiger partial charge in [0.25, 0.3) is 5.91 Å². The Morgan fingerprint density at radius 2 is 1.58 bits per heavy atom. The quantitative estimate of drug-likeness (QED) is 0.466. The molecule has 1 unspecified atom stereocenters. The molecule has 4 fully saturated rings. The van der Waals surface area contributed by atoms with Gasteiger partial charge in [0.1, 0.15) is 5.75 Å². The van der Waals surface area contributed by atoms with Gasteiger partial charge in [0, 0.05) is 31.0 Å². The van der Waals surface area contributed by atoms with Crippen LogP contribution in [0.1, 0.15) is 71.7 Å². The first-order chi connectivity index (χ1) is 17.3. The first-order valence-electron chi connectivity index (χ1n) is 12.9. The second kappa shape index (κ2) is 9.87. The summed E-state index contributed by atoms with van der Waals surface area (Å²) >= 11 is 0. The first-order valence-corrected chi connectivity index (χ1v) is 12.9. The lowest BCUT2D eigenvalue weighted by atomic mass is 9.48. The third-order valence-corrected chi connectivity index (χ3v) is 8.36. The highest BCUT2D eigenvalue weighted by Crippen LogP contribution is 2.62. The molecule has 2 aromatic carbocycles. The lowest BCUT2D eigenvalue weighted by Crippen LogP contribution is -2.48. The number of anilines is 1. The highest BCUT2D eigenvalue weighted by atomic mass is 16.8. The predicted octanol–water partition coefficient (Wildman–Crippen LogP) is 5.47. The molecule has 0 saturated heterocycles. The fourth-order valence-electron chi connectivity index (χ4n) is 7.15. The van der Waals surface area contributed by atoms with Crippen molar-refractivity contribution in [2.75, 3.05) is 25.7 Å². The van der Waals surface area contributed by atoms with Gasteiger partial charge in [0.15, 0.2) is 0 Å². The van der Waals surface area contributed by atoms with Gasteiger partial charge in [-0.3, -0.25) is 4.79 Å². The third kappa shape index (κ3) is 4.62. The monoisotopic (exact) mass is 493 g/mol. The van der Waals surface area contributed by atoms with E-state index in [1.165, 1.54) is 31.4 Å². The van der Waals surface area contributed by atoms with Crippen molar-refractivity contribution >= 4 is 17.6 Å². The van der Waals surface area contributed by atoms with Crippen molar-refractivity contribution in [2.24, 2.45) is 17.8 Å². The van der Waals surface area contributed by atoms with Crippen LogP contribution in [0.5, 0.6) is 5.75 Å². The van der Waals surface area contributed by atoms with Crippen LogP contribution in [-0.2, 0) is 14.9 Å². The van der Waals surface area contributed by atoms with E-state index in [0.717, 1.165) is 48.3 Å². The fourth-order valence-corrected chi connectivity index (χ4v) is 7.15. The summed E-state index contributed by atoms with van der Waals surface area (Å²) in [5.41, 5.74) is 2.50. The highest BCUT2D eigenvalue weighted by Gasteiger charge is 2.52. The maximum Gasteiger partial charge on any atom is 0.335 e. The van der Waals surface area contributed by atoms with E-state index in [0.29, 0.717) is 17.9 Å². The van der Waals surface area contributed by atoms with Crippen molar-refractivity contribution in [1.82, 2.24) is 0 Å². The Labute approximate surface area is 212 Å². The fraction of sp³-hybridized carbons (Fsp3) is 0.517. The SMILES string of the molecule is CCOC(OC)Oc1ccc(C(=O)N(C)c2ccc(C(=O)O)cc2)cc1C12CC3CC(CC(C3)C1)C2. The van der Waals surface area contributed by atoms with Crippen molar-refractivity contribution in [1.29, 1.82) is 0 Å². The summed E-state index contributed by atoms with van der Waals surface area (Å²) < 4.78 is 17.2. The molecule has 36 heavy (non-hydrogen) atoms. The molecule has 4 aliphatic rings. The molecule has 2 aromatic rings.